The van der Waals surface area contributed by atoms with Crippen molar-refractivity contribution in [1.29, 1.82) is 0 Å². The van der Waals surface area contributed by atoms with E-state index in [1.54, 1.807) is 31.2 Å². The van der Waals surface area contributed by atoms with Crippen LogP contribution in [0.5, 0.6) is 5.75 Å². The normalized spacial score (nSPS) is 17.0. The SMILES string of the molecule is CCCCOc1ccc(C(=O)NCC(=O)OCC(=O)N(CC)C2CCS(=O)(=O)C2)cc1. The van der Waals surface area contributed by atoms with Crippen molar-refractivity contribution >= 4 is 27.6 Å². The Morgan fingerprint density at radius 3 is 2.45 bits per heavy atom. The highest BCUT2D eigenvalue weighted by Gasteiger charge is 2.34. The number of rotatable bonds is 11. The minimum atomic E-state index is -3.13. The second-order valence-electron chi connectivity index (χ2n) is 7.31. The maximum Gasteiger partial charge on any atom is 0.325 e. The Morgan fingerprint density at radius 2 is 1.87 bits per heavy atom. The highest BCUT2D eigenvalue weighted by atomic mass is 32.2. The minimum absolute atomic E-state index is 0.0547. The summed E-state index contributed by atoms with van der Waals surface area (Å²) in [6.45, 7) is 3.86. The van der Waals surface area contributed by atoms with Crippen LogP contribution in [-0.2, 0) is 24.2 Å². The largest absolute Gasteiger partial charge is 0.494 e. The molecule has 0 spiro atoms. The fourth-order valence-corrected chi connectivity index (χ4v) is 4.96. The molecule has 1 aliphatic heterocycles. The van der Waals surface area contributed by atoms with Gasteiger partial charge >= 0.3 is 5.97 Å². The van der Waals surface area contributed by atoms with Crippen LogP contribution in [0.2, 0.25) is 0 Å². The number of nitrogens with one attached hydrogen (secondary N) is 1. The lowest BCUT2D eigenvalue weighted by Gasteiger charge is -2.26. The molecule has 1 saturated heterocycles. The summed E-state index contributed by atoms with van der Waals surface area (Å²) in [7, 11) is -3.13. The van der Waals surface area contributed by atoms with E-state index in [0.29, 0.717) is 30.9 Å². The van der Waals surface area contributed by atoms with Crippen LogP contribution in [0.4, 0.5) is 0 Å². The Balaban J connectivity index is 1.74. The molecule has 1 aromatic carbocycles. The third-order valence-corrected chi connectivity index (χ3v) is 6.69. The Kier molecular flexibility index (Phi) is 9.29. The third-order valence-electron chi connectivity index (χ3n) is 4.94. The molecule has 1 heterocycles. The summed E-state index contributed by atoms with van der Waals surface area (Å²) in [6, 6.07) is 6.17. The monoisotopic (exact) mass is 454 g/mol. The van der Waals surface area contributed by atoms with Crippen molar-refractivity contribution in [3.8, 4) is 5.75 Å². The van der Waals surface area contributed by atoms with Gasteiger partial charge in [-0.15, -0.1) is 0 Å². The van der Waals surface area contributed by atoms with E-state index in [0.717, 1.165) is 12.8 Å². The van der Waals surface area contributed by atoms with E-state index in [2.05, 4.69) is 12.2 Å². The van der Waals surface area contributed by atoms with Crippen LogP contribution < -0.4 is 10.1 Å². The number of carbonyl (C=O) groups is 3. The molecule has 0 saturated carbocycles. The average molecular weight is 455 g/mol. The summed E-state index contributed by atoms with van der Waals surface area (Å²) < 4.78 is 33.7. The number of unbranched alkanes of at least 4 members (excludes halogenated alkanes) is 1. The second kappa shape index (κ2) is 11.7. The predicted molar refractivity (Wildman–Crippen MR) is 115 cm³/mol. The molecule has 1 aromatic rings. The first-order valence-corrected chi connectivity index (χ1v) is 12.2. The Bertz CT molecular complexity index is 868. The highest BCUT2D eigenvalue weighted by molar-refractivity contribution is 7.91. The number of esters is 1. The lowest BCUT2D eigenvalue weighted by atomic mass is 10.2. The summed E-state index contributed by atoms with van der Waals surface area (Å²) in [5.41, 5.74) is 0.367. The topological polar surface area (TPSA) is 119 Å². The van der Waals surface area contributed by atoms with E-state index >= 15 is 0 Å². The first-order chi connectivity index (χ1) is 14.8. The molecular weight excluding hydrogens is 424 g/mol. The number of hydrogen-bond acceptors (Lipinski definition) is 7. The van der Waals surface area contributed by atoms with Gasteiger partial charge in [0, 0.05) is 18.2 Å². The first kappa shape index (κ1) is 24.6. The van der Waals surface area contributed by atoms with Gasteiger partial charge in [0.05, 0.1) is 18.1 Å². The van der Waals surface area contributed by atoms with Crippen molar-refractivity contribution in [1.82, 2.24) is 10.2 Å². The standard InChI is InChI=1S/C21H30N2O7S/c1-3-5-11-29-18-8-6-16(7-9-18)21(26)22-13-20(25)30-14-19(24)23(4-2)17-10-12-31(27,28)15-17/h6-9,17H,3-5,10-15H2,1-2H3,(H,22,26). The fraction of sp³-hybridized carbons (Fsp3) is 0.571. The van der Waals surface area contributed by atoms with E-state index in [1.165, 1.54) is 4.90 Å². The lowest BCUT2D eigenvalue weighted by Crippen LogP contribution is -2.43. The zero-order chi connectivity index (χ0) is 22.9. The molecule has 0 bridgehead atoms. The first-order valence-electron chi connectivity index (χ1n) is 10.4. The summed E-state index contributed by atoms with van der Waals surface area (Å²) in [5.74, 6) is -1.01. The number of carbonyl (C=O) groups excluding carboxylic acids is 3. The van der Waals surface area contributed by atoms with Gasteiger partial charge in [-0.25, -0.2) is 8.42 Å². The number of ether oxygens (including phenoxy) is 2. The lowest BCUT2D eigenvalue weighted by molar-refractivity contribution is -0.151. The minimum Gasteiger partial charge on any atom is -0.494 e. The zero-order valence-electron chi connectivity index (χ0n) is 18.0. The van der Waals surface area contributed by atoms with E-state index in [1.807, 2.05) is 0 Å². The Morgan fingerprint density at radius 1 is 1.16 bits per heavy atom. The van der Waals surface area contributed by atoms with Gasteiger partial charge in [0.25, 0.3) is 11.8 Å². The molecule has 1 atom stereocenters. The average Bonchev–Trinajstić information content (AvgIpc) is 3.11. The molecule has 10 heteroatoms. The molecule has 2 amide bonds. The molecule has 31 heavy (non-hydrogen) atoms. The van der Waals surface area contributed by atoms with Crippen molar-refractivity contribution in [2.45, 2.75) is 39.2 Å². The van der Waals surface area contributed by atoms with Gasteiger partial charge in [0.1, 0.15) is 12.3 Å². The van der Waals surface area contributed by atoms with E-state index in [-0.39, 0.29) is 18.1 Å². The van der Waals surface area contributed by atoms with Gasteiger partial charge in [-0.05, 0) is 44.0 Å². The van der Waals surface area contributed by atoms with Crippen LogP contribution in [0.15, 0.2) is 24.3 Å². The summed E-state index contributed by atoms with van der Waals surface area (Å²) in [4.78, 5) is 37.8. The third kappa shape index (κ3) is 7.86. The zero-order valence-corrected chi connectivity index (χ0v) is 18.8. The second-order valence-corrected chi connectivity index (χ2v) is 9.54. The summed E-state index contributed by atoms with van der Waals surface area (Å²) in [6.07, 6.45) is 2.36. The van der Waals surface area contributed by atoms with Crippen LogP contribution in [0.1, 0.15) is 43.5 Å². The van der Waals surface area contributed by atoms with Gasteiger partial charge in [-0.3, -0.25) is 14.4 Å². The van der Waals surface area contributed by atoms with Crippen LogP contribution in [0.3, 0.4) is 0 Å². The van der Waals surface area contributed by atoms with Gasteiger partial charge in [0.2, 0.25) is 0 Å². The molecule has 0 aromatic heterocycles. The van der Waals surface area contributed by atoms with E-state index in [9.17, 15) is 22.8 Å². The molecule has 0 radical (unpaired) electrons. The maximum absolute atomic E-state index is 12.3. The Hall–Kier alpha value is -2.62. The number of likely N-dealkylation sites (N-methyl/N-ethyl adjacent to an activating group) is 1. The van der Waals surface area contributed by atoms with Crippen molar-refractivity contribution in [2.24, 2.45) is 0 Å². The molecule has 9 nitrogen and oxygen atoms in total. The van der Waals surface area contributed by atoms with Gasteiger partial charge in [-0.2, -0.15) is 0 Å². The number of sulfone groups is 1. The molecule has 1 aliphatic rings. The molecule has 0 aliphatic carbocycles. The predicted octanol–water partition coefficient (Wildman–Crippen LogP) is 1.17. The summed E-state index contributed by atoms with van der Waals surface area (Å²) >= 11 is 0. The molecule has 1 fully saturated rings. The van der Waals surface area contributed by atoms with Gasteiger partial charge in [0.15, 0.2) is 16.4 Å². The van der Waals surface area contributed by atoms with Crippen LogP contribution in [-0.4, -0.2) is 75.0 Å². The molecule has 1 N–H and O–H groups in total. The molecular formula is C21H30N2O7S. The fourth-order valence-electron chi connectivity index (χ4n) is 3.23. The number of nitrogens with zero attached hydrogens (tertiary/aromatic N) is 1. The number of hydrogen-bond donors (Lipinski definition) is 1. The van der Waals surface area contributed by atoms with Crippen LogP contribution in [0.25, 0.3) is 0 Å². The molecule has 2 rings (SSSR count). The number of amides is 2. The van der Waals surface area contributed by atoms with Crippen molar-refractivity contribution < 1.29 is 32.3 Å². The Labute approximate surface area is 183 Å². The quantitative estimate of drug-likeness (QED) is 0.394. The summed E-state index contributed by atoms with van der Waals surface area (Å²) in [5, 5.41) is 2.44. The van der Waals surface area contributed by atoms with Crippen molar-refractivity contribution in [2.75, 3.05) is 37.8 Å². The van der Waals surface area contributed by atoms with Crippen molar-refractivity contribution in [3.63, 3.8) is 0 Å². The van der Waals surface area contributed by atoms with Crippen molar-refractivity contribution in [3.05, 3.63) is 29.8 Å². The molecule has 1 unspecified atom stereocenters. The van der Waals surface area contributed by atoms with E-state index in [4.69, 9.17) is 9.47 Å². The van der Waals surface area contributed by atoms with Gasteiger partial charge < -0.3 is 19.7 Å². The maximum atomic E-state index is 12.3. The highest BCUT2D eigenvalue weighted by Crippen LogP contribution is 2.18. The smallest absolute Gasteiger partial charge is 0.325 e. The number of benzene rings is 1. The van der Waals surface area contributed by atoms with Gasteiger partial charge in [-0.1, -0.05) is 13.3 Å². The molecule has 172 valence electrons. The van der Waals surface area contributed by atoms with Crippen LogP contribution in [0, 0.1) is 0 Å². The van der Waals surface area contributed by atoms with E-state index < -0.39 is 40.3 Å². The van der Waals surface area contributed by atoms with Crippen LogP contribution >= 0.6 is 0 Å².